The average Bonchev–Trinajstić information content (AvgIpc) is 2.55. The van der Waals surface area contributed by atoms with E-state index in [4.69, 9.17) is 15.2 Å². The van der Waals surface area contributed by atoms with Crippen LogP contribution in [-0.2, 0) is 9.53 Å². The van der Waals surface area contributed by atoms with Crippen LogP contribution >= 0.6 is 0 Å². The number of anilines is 2. The standard InChI is InChI=1S/C13H17N7O4/c1-4-15-12-16-11(14)17-13(18-12)24-9-6-5-8(19-20-9)23-7(2)10(21)22-3/h5-7H,4H2,1-3H3,(H3,14,15,16,17,18). The molecule has 2 rings (SSSR count). The molecule has 24 heavy (non-hydrogen) atoms. The molecule has 2 aromatic heterocycles. The van der Waals surface area contributed by atoms with E-state index in [1.165, 1.54) is 26.2 Å². The van der Waals surface area contributed by atoms with Crippen molar-refractivity contribution < 1.29 is 19.0 Å². The maximum atomic E-state index is 11.3. The molecule has 0 saturated heterocycles. The molecule has 0 aromatic carbocycles. The lowest BCUT2D eigenvalue weighted by molar-refractivity contribution is -0.148. The van der Waals surface area contributed by atoms with Crippen molar-refractivity contribution in [1.29, 1.82) is 0 Å². The Morgan fingerprint density at radius 1 is 1.25 bits per heavy atom. The van der Waals surface area contributed by atoms with Crippen molar-refractivity contribution in [2.75, 3.05) is 24.7 Å². The van der Waals surface area contributed by atoms with Crippen LogP contribution in [0.1, 0.15) is 13.8 Å². The summed E-state index contributed by atoms with van der Waals surface area (Å²) in [5.41, 5.74) is 5.58. The van der Waals surface area contributed by atoms with E-state index in [0.29, 0.717) is 12.5 Å². The quantitative estimate of drug-likeness (QED) is 0.677. The van der Waals surface area contributed by atoms with Gasteiger partial charge in [-0.25, -0.2) is 4.79 Å². The Bertz CT molecular complexity index is 695. The van der Waals surface area contributed by atoms with Gasteiger partial charge in [0.05, 0.1) is 7.11 Å². The van der Waals surface area contributed by atoms with Crippen LogP contribution in [0.2, 0.25) is 0 Å². The zero-order valence-electron chi connectivity index (χ0n) is 13.4. The molecular weight excluding hydrogens is 318 g/mol. The lowest BCUT2D eigenvalue weighted by atomic mass is 10.4. The van der Waals surface area contributed by atoms with Crippen molar-refractivity contribution in [3.8, 4) is 17.8 Å². The van der Waals surface area contributed by atoms with Gasteiger partial charge in [-0.15, -0.1) is 10.2 Å². The summed E-state index contributed by atoms with van der Waals surface area (Å²) in [6, 6.07) is 2.95. The van der Waals surface area contributed by atoms with E-state index in [1.807, 2.05) is 6.92 Å². The molecule has 0 aliphatic carbocycles. The van der Waals surface area contributed by atoms with E-state index in [-0.39, 0.29) is 23.7 Å². The zero-order chi connectivity index (χ0) is 17.5. The smallest absolute Gasteiger partial charge is 0.346 e. The van der Waals surface area contributed by atoms with Gasteiger partial charge >= 0.3 is 12.0 Å². The zero-order valence-corrected chi connectivity index (χ0v) is 13.4. The van der Waals surface area contributed by atoms with Gasteiger partial charge in [-0.1, -0.05) is 0 Å². The first-order chi connectivity index (χ1) is 11.5. The van der Waals surface area contributed by atoms with Gasteiger partial charge in [-0.05, 0) is 13.8 Å². The third kappa shape index (κ3) is 4.63. The second kappa shape index (κ2) is 7.85. The van der Waals surface area contributed by atoms with Gasteiger partial charge in [0.1, 0.15) is 0 Å². The molecule has 11 heteroatoms. The van der Waals surface area contributed by atoms with Crippen molar-refractivity contribution in [3.05, 3.63) is 12.1 Å². The monoisotopic (exact) mass is 335 g/mol. The number of hydrogen-bond donors (Lipinski definition) is 2. The number of nitrogens with two attached hydrogens (primary N) is 1. The molecule has 0 aliphatic heterocycles. The molecular formula is C13H17N7O4. The molecule has 128 valence electrons. The van der Waals surface area contributed by atoms with E-state index in [1.54, 1.807) is 0 Å². The fraction of sp³-hybridized carbons (Fsp3) is 0.385. The fourth-order valence-corrected chi connectivity index (χ4v) is 1.57. The minimum atomic E-state index is -0.804. The van der Waals surface area contributed by atoms with Crippen LogP contribution in [0.25, 0.3) is 0 Å². The lowest BCUT2D eigenvalue weighted by Crippen LogP contribution is -2.25. The van der Waals surface area contributed by atoms with E-state index in [9.17, 15) is 4.79 Å². The highest BCUT2D eigenvalue weighted by Gasteiger charge is 2.16. The number of hydrogen-bond acceptors (Lipinski definition) is 11. The second-order valence-electron chi connectivity index (χ2n) is 4.43. The Morgan fingerprint density at radius 2 is 1.96 bits per heavy atom. The van der Waals surface area contributed by atoms with E-state index >= 15 is 0 Å². The predicted octanol–water partition coefficient (Wildman–Crippen LogP) is 0.408. The summed E-state index contributed by atoms with van der Waals surface area (Å²) >= 11 is 0. The first-order valence-electron chi connectivity index (χ1n) is 7.03. The number of nitrogens with one attached hydrogen (secondary N) is 1. The SMILES string of the molecule is CCNc1nc(N)nc(Oc2ccc(OC(C)C(=O)OC)nn2)n1. The largest absolute Gasteiger partial charge is 0.466 e. The molecule has 0 radical (unpaired) electrons. The third-order valence-corrected chi connectivity index (χ3v) is 2.61. The molecule has 0 fully saturated rings. The molecule has 0 amide bonds. The summed E-state index contributed by atoms with van der Waals surface area (Å²) in [6.07, 6.45) is -0.804. The van der Waals surface area contributed by atoms with Gasteiger partial charge in [-0.3, -0.25) is 0 Å². The molecule has 2 aromatic rings. The number of nitrogens with zero attached hydrogens (tertiary/aromatic N) is 5. The third-order valence-electron chi connectivity index (χ3n) is 2.61. The van der Waals surface area contributed by atoms with E-state index < -0.39 is 12.1 Å². The molecule has 2 heterocycles. The number of nitrogen functional groups attached to an aromatic ring is 1. The van der Waals surface area contributed by atoms with Crippen LogP contribution in [0.3, 0.4) is 0 Å². The van der Waals surface area contributed by atoms with Gasteiger partial charge in [0.15, 0.2) is 6.10 Å². The normalized spacial score (nSPS) is 11.5. The Balaban J connectivity index is 2.05. The molecule has 0 saturated carbocycles. The number of aromatic nitrogens is 5. The van der Waals surface area contributed by atoms with Gasteiger partial charge in [0.2, 0.25) is 23.7 Å². The molecule has 0 aliphatic rings. The van der Waals surface area contributed by atoms with Crippen LogP contribution < -0.4 is 20.5 Å². The molecule has 1 atom stereocenters. The molecule has 11 nitrogen and oxygen atoms in total. The van der Waals surface area contributed by atoms with Gasteiger partial charge in [-0.2, -0.15) is 15.0 Å². The van der Waals surface area contributed by atoms with Crippen molar-refractivity contribution in [2.24, 2.45) is 0 Å². The Hall–Kier alpha value is -3.24. The minimum absolute atomic E-state index is 0.00997. The summed E-state index contributed by atoms with van der Waals surface area (Å²) in [5.74, 6) is 0.0502. The molecule has 3 N–H and O–H groups in total. The van der Waals surface area contributed by atoms with E-state index in [2.05, 4.69) is 35.2 Å². The van der Waals surface area contributed by atoms with E-state index in [0.717, 1.165) is 0 Å². The minimum Gasteiger partial charge on any atom is -0.466 e. The van der Waals surface area contributed by atoms with Crippen molar-refractivity contribution in [1.82, 2.24) is 25.1 Å². The Kier molecular flexibility index (Phi) is 5.60. The van der Waals surface area contributed by atoms with Gasteiger partial charge < -0.3 is 25.3 Å². The van der Waals surface area contributed by atoms with Crippen molar-refractivity contribution >= 4 is 17.9 Å². The summed E-state index contributed by atoms with van der Waals surface area (Å²) in [7, 11) is 1.27. The molecule has 1 unspecified atom stereocenters. The summed E-state index contributed by atoms with van der Waals surface area (Å²) in [4.78, 5) is 23.1. The molecule has 0 bridgehead atoms. The number of ether oxygens (including phenoxy) is 3. The highest BCUT2D eigenvalue weighted by atomic mass is 16.6. The second-order valence-corrected chi connectivity index (χ2v) is 4.43. The predicted molar refractivity (Wildman–Crippen MR) is 82.6 cm³/mol. The summed E-state index contributed by atoms with van der Waals surface area (Å²) in [5, 5.41) is 10.5. The van der Waals surface area contributed by atoms with Gasteiger partial charge in [0, 0.05) is 18.7 Å². The van der Waals surface area contributed by atoms with Crippen molar-refractivity contribution in [3.63, 3.8) is 0 Å². The number of methoxy groups -OCH3 is 1. The van der Waals surface area contributed by atoms with Crippen LogP contribution in [0.5, 0.6) is 17.8 Å². The maximum absolute atomic E-state index is 11.3. The highest BCUT2D eigenvalue weighted by molar-refractivity contribution is 5.74. The van der Waals surface area contributed by atoms with Crippen LogP contribution in [-0.4, -0.2) is 50.9 Å². The summed E-state index contributed by atoms with van der Waals surface area (Å²) in [6.45, 7) is 4.04. The maximum Gasteiger partial charge on any atom is 0.346 e. The van der Waals surface area contributed by atoms with Crippen LogP contribution in [0, 0.1) is 0 Å². The lowest BCUT2D eigenvalue weighted by Gasteiger charge is -2.11. The number of carbonyl (C=O) groups excluding carboxylic acids is 1. The average molecular weight is 335 g/mol. The molecule has 0 spiro atoms. The van der Waals surface area contributed by atoms with Crippen LogP contribution in [0.15, 0.2) is 12.1 Å². The fourth-order valence-electron chi connectivity index (χ4n) is 1.57. The Labute approximate surface area is 137 Å². The van der Waals surface area contributed by atoms with Crippen LogP contribution in [0.4, 0.5) is 11.9 Å². The van der Waals surface area contributed by atoms with Crippen molar-refractivity contribution in [2.45, 2.75) is 20.0 Å². The Morgan fingerprint density at radius 3 is 2.58 bits per heavy atom. The first-order valence-corrected chi connectivity index (χ1v) is 7.03. The highest BCUT2D eigenvalue weighted by Crippen LogP contribution is 2.18. The topological polar surface area (TPSA) is 147 Å². The number of rotatable bonds is 7. The number of esters is 1. The first kappa shape index (κ1) is 17.1. The number of carbonyl (C=O) groups is 1. The van der Waals surface area contributed by atoms with Gasteiger partial charge in [0.25, 0.3) is 0 Å². The summed E-state index contributed by atoms with van der Waals surface area (Å²) < 4.78 is 15.2.